The van der Waals surface area contributed by atoms with Gasteiger partial charge in [-0.15, -0.1) is 6.42 Å². The number of urea groups is 1. The molecule has 0 atom stereocenters. The number of ether oxygens (including phenoxy) is 1. The van der Waals surface area contributed by atoms with Gasteiger partial charge in [-0.1, -0.05) is 5.92 Å². The Kier molecular flexibility index (Phi) is 3.58. The maximum absolute atomic E-state index is 11.1. The number of nitrogens with two attached hydrogens (primary N) is 1. The van der Waals surface area contributed by atoms with E-state index in [0.717, 1.165) is 0 Å². The van der Waals surface area contributed by atoms with Gasteiger partial charge in [-0.25, -0.2) is 4.79 Å². The molecule has 0 fully saturated rings. The molecule has 0 aromatic heterocycles. The van der Waals surface area contributed by atoms with E-state index in [1.165, 1.54) is 4.90 Å². The van der Waals surface area contributed by atoms with Crippen LogP contribution in [-0.2, 0) is 0 Å². The molecule has 2 N–H and O–H groups in total. The summed E-state index contributed by atoms with van der Waals surface area (Å²) in [5.74, 6) is 3.08. The molecule has 4 heteroatoms. The lowest BCUT2D eigenvalue weighted by Crippen LogP contribution is -2.35. The molecular formula is C11H12N2O2. The number of carbonyl (C=O) groups excluding carboxylic acids is 1. The molecule has 1 aromatic carbocycles. The van der Waals surface area contributed by atoms with Crippen LogP contribution in [0.4, 0.5) is 10.5 Å². The molecule has 15 heavy (non-hydrogen) atoms. The highest BCUT2D eigenvalue weighted by molar-refractivity contribution is 5.91. The van der Waals surface area contributed by atoms with Crippen LogP contribution >= 0.6 is 0 Å². The molecule has 0 unspecified atom stereocenters. The summed E-state index contributed by atoms with van der Waals surface area (Å²) < 4.78 is 4.99. The van der Waals surface area contributed by atoms with Crippen molar-refractivity contribution in [3.8, 4) is 18.1 Å². The molecule has 0 aliphatic rings. The van der Waals surface area contributed by atoms with Gasteiger partial charge in [0.05, 0.1) is 13.7 Å². The Morgan fingerprint density at radius 1 is 1.53 bits per heavy atom. The van der Waals surface area contributed by atoms with Crippen molar-refractivity contribution in [2.45, 2.75) is 0 Å². The average Bonchev–Trinajstić information content (AvgIpc) is 2.26. The van der Waals surface area contributed by atoms with Crippen molar-refractivity contribution in [2.24, 2.45) is 5.73 Å². The number of carbonyl (C=O) groups is 1. The number of anilines is 1. The van der Waals surface area contributed by atoms with Gasteiger partial charge in [0.2, 0.25) is 0 Å². The quantitative estimate of drug-likeness (QED) is 0.752. The topological polar surface area (TPSA) is 55.6 Å². The van der Waals surface area contributed by atoms with Gasteiger partial charge in [0, 0.05) is 5.69 Å². The Hall–Kier alpha value is -2.15. The molecule has 2 amide bonds. The lowest BCUT2D eigenvalue weighted by molar-refractivity contribution is 0.254. The molecule has 1 rings (SSSR count). The molecule has 0 saturated heterocycles. The Labute approximate surface area is 88.6 Å². The molecule has 0 aliphatic heterocycles. The molecule has 4 nitrogen and oxygen atoms in total. The van der Waals surface area contributed by atoms with Crippen LogP contribution in [0.3, 0.4) is 0 Å². The maximum atomic E-state index is 11.1. The van der Waals surface area contributed by atoms with Gasteiger partial charge in [-0.2, -0.15) is 0 Å². The van der Waals surface area contributed by atoms with E-state index in [2.05, 4.69) is 5.92 Å². The number of amides is 2. The van der Waals surface area contributed by atoms with Crippen LogP contribution in [0.25, 0.3) is 0 Å². The van der Waals surface area contributed by atoms with Crippen LogP contribution in [0.5, 0.6) is 5.75 Å². The van der Waals surface area contributed by atoms with Gasteiger partial charge >= 0.3 is 6.03 Å². The predicted octanol–water partition coefficient (Wildman–Crippen LogP) is 1.21. The minimum Gasteiger partial charge on any atom is -0.497 e. The Balaban J connectivity index is 2.92. The monoisotopic (exact) mass is 204 g/mol. The van der Waals surface area contributed by atoms with Gasteiger partial charge < -0.3 is 10.5 Å². The number of methoxy groups -OCH3 is 1. The van der Waals surface area contributed by atoms with E-state index >= 15 is 0 Å². The number of primary amides is 1. The number of nitrogens with zero attached hydrogens (tertiary/aromatic N) is 1. The van der Waals surface area contributed by atoms with Gasteiger partial charge in [-0.05, 0) is 24.3 Å². The molecule has 0 aliphatic carbocycles. The number of hydrogen-bond donors (Lipinski definition) is 1. The third-order valence-electron chi connectivity index (χ3n) is 1.90. The van der Waals surface area contributed by atoms with E-state index in [1.807, 2.05) is 0 Å². The Morgan fingerprint density at radius 3 is 2.53 bits per heavy atom. The van der Waals surface area contributed by atoms with Gasteiger partial charge in [-0.3, -0.25) is 4.90 Å². The number of hydrogen-bond acceptors (Lipinski definition) is 2. The Morgan fingerprint density at radius 2 is 2.13 bits per heavy atom. The van der Waals surface area contributed by atoms with E-state index in [9.17, 15) is 4.79 Å². The van der Waals surface area contributed by atoms with Crippen molar-refractivity contribution < 1.29 is 9.53 Å². The fourth-order valence-corrected chi connectivity index (χ4v) is 1.15. The predicted molar refractivity (Wildman–Crippen MR) is 58.8 cm³/mol. The molecular weight excluding hydrogens is 192 g/mol. The molecule has 0 heterocycles. The van der Waals surface area contributed by atoms with Crippen LogP contribution in [0.1, 0.15) is 0 Å². The summed E-state index contributed by atoms with van der Waals surface area (Å²) in [5, 5.41) is 0. The summed E-state index contributed by atoms with van der Waals surface area (Å²) >= 11 is 0. The molecule has 0 radical (unpaired) electrons. The first-order valence-electron chi connectivity index (χ1n) is 4.33. The van der Waals surface area contributed by atoms with Gasteiger partial charge in [0.1, 0.15) is 5.75 Å². The van der Waals surface area contributed by atoms with Crippen molar-refractivity contribution in [2.75, 3.05) is 18.6 Å². The lowest BCUT2D eigenvalue weighted by Gasteiger charge is -2.17. The first-order chi connectivity index (χ1) is 7.19. The summed E-state index contributed by atoms with van der Waals surface area (Å²) in [6, 6.07) is 6.35. The first kappa shape index (κ1) is 10.9. The molecule has 0 spiro atoms. The fourth-order valence-electron chi connectivity index (χ4n) is 1.15. The van der Waals surface area contributed by atoms with E-state index < -0.39 is 6.03 Å². The van der Waals surface area contributed by atoms with Crippen LogP contribution in [0.15, 0.2) is 24.3 Å². The SMILES string of the molecule is C#CCN(C(N)=O)c1ccc(OC)cc1. The fraction of sp³-hybridized carbons (Fsp3) is 0.182. The standard InChI is InChI=1S/C11H12N2O2/c1-3-8-13(11(12)14)9-4-6-10(15-2)7-5-9/h1,4-7H,8H2,2H3,(H2,12,14). The van der Waals surface area contributed by atoms with Crippen molar-refractivity contribution in [3.05, 3.63) is 24.3 Å². The molecule has 1 aromatic rings. The zero-order chi connectivity index (χ0) is 11.3. The largest absolute Gasteiger partial charge is 0.497 e. The number of rotatable bonds is 3. The van der Waals surface area contributed by atoms with E-state index in [1.54, 1.807) is 31.4 Å². The Bertz CT molecular complexity index is 379. The van der Waals surface area contributed by atoms with Crippen LogP contribution in [0, 0.1) is 12.3 Å². The lowest BCUT2D eigenvalue weighted by atomic mass is 10.3. The third-order valence-corrected chi connectivity index (χ3v) is 1.90. The smallest absolute Gasteiger partial charge is 0.320 e. The summed E-state index contributed by atoms with van der Waals surface area (Å²) in [5.41, 5.74) is 5.84. The van der Waals surface area contributed by atoms with Gasteiger partial charge in [0.15, 0.2) is 0 Å². The van der Waals surface area contributed by atoms with Crippen molar-refractivity contribution in [1.29, 1.82) is 0 Å². The van der Waals surface area contributed by atoms with E-state index in [0.29, 0.717) is 11.4 Å². The average molecular weight is 204 g/mol. The third kappa shape index (κ3) is 2.64. The number of benzene rings is 1. The normalized spacial score (nSPS) is 9.07. The second-order valence-electron chi connectivity index (χ2n) is 2.83. The summed E-state index contributed by atoms with van der Waals surface area (Å²) in [7, 11) is 1.57. The van der Waals surface area contributed by atoms with Crippen molar-refractivity contribution in [3.63, 3.8) is 0 Å². The van der Waals surface area contributed by atoms with Crippen LogP contribution in [0.2, 0.25) is 0 Å². The maximum Gasteiger partial charge on any atom is 0.320 e. The number of terminal acetylenes is 1. The first-order valence-corrected chi connectivity index (χ1v) is 4.33. The highest BCUT2D eigenvalue weighted by Gasteiger charge is 2.10. The van der Waals surface area contributed by atoms with Crippen molar-refractivity contribution in [1.82, 2.24) is 0 Å². The van der Waals surface area contributed by atoms with E-state index in [-0.39, 0.29) is 6.54 Å². The van der Waals surface area contributed by atoms with Crippen LogP contribution < -0.4 is 15.4 Å². The van der Waals surface area contributed by atoms with Crippen LogP contribution in [-0.4, -0.2) is 19.7 Å². The molecule has 0 bridgehead atoms. The van der Waals surface area contributed by atoms with Gasteiger partial charge in [0.25, 0.3) is 0 Å². The summed E-state index contributed by atoms with van der Waals surface area (Å²) in [6.07, 6.45) is 5.14. The molecule has 78 valence electrons. The second kappa shape index (κ2) is 4.91. The molecule has 0 saturated carbocycles. The highest BCUT2D eigenvalue weighted by atomic mass is 16.5. The summed E-state index contributed by atoms with van der Waals surface area (Å²) in [6.45, 7) is 0.154. The van der Waals surface area contributed by atoms with Crippen molar-refractivity contribution >= 4 is 11.7 Å². The zero-order valence-corrected chi connectivity index (χ0v) is 8.43. The highest BCUT2D eigenvalue weighted by Crippen LogP contribution is 2.18. The minimum atomic E-state index is -0.571. The zero-order valence-electron chi connectivity index (χ0n) is 8.43. The second-order valence-corrected chi connectivity index (χ2v) is 2.83. The van der Waals surface area contributed by atoms with E-state index in [4.69, 9.17) is 16.9 Å². The summed E-state index contributed by atoms with van der Waals surface area (Å²) in [4.78, 5) is 12.4. The minimum absolute atomic E-state index is 0.154.